The number of piperazine rings is 1. The van der Waals surface area contributed by atoms with E-state index >= 15 is 0 Å². The molecule has 0 bridgehead atoms. The molecule has 14 heavy (non-hydrogen) atoms. The Morgan fingerprint density at radius 3 is 2.86 bits per heavy atom. The monoisotopic (exact) mass is 216 g/mol. The van der Waals surface area contributed by atoms with Crippen molar-refractivity contribution >= 4 is 30.4 Å². The fourth-order valence-electron chi connectivity index (χ4n) is 1.26. The average molecular weight is 216 g/mol. The number of nitrogens with one attached hydrogen (secondary N) is 1. The minimum absolute atomic E-state index is 0.0421. The lowest BCUT2D eigenvalue weighted by Crippen LogP contribution is -2.58. The Bertz CT molecular complexity index is 280. The van der Waals surface area contributed by atoms with Crippen LogP contribution in [0.2, 0.25) is 0 Å². The highest BCUT2D eigenvalue weighted by molar-refractivity contribution is 7.80. The molecule has 1 N–H and O–H groups in total. The Kier molecular flexibility index (Phi) is 3.51. The van der Waals surface area contributed by atoms with E-state index in [2.05, 4.69) is 17.9 Å². The fraction of sp³-hybridized carbons (Fsp3) is 0.625. The summed E-state index contributed by atoms with van der Waals surface area (Å²) in [5.74, 6) is -0.650. The molecule has 1 atom stereocenters. The van der Waals surface area contributed by atoms with Crippen LogP contribution in [0.1, 0.15) is 13.3 Å². The first kappa shape index (κ1) is 11.0. The number of carbonyl (C=O) groups is 3. The van der Waals surface area contributed by atoms with E-state index in [4.69, 9.17) is 0 Å². The summed E-state index contributed by atoms with van der Waals surface area (Å²) in [6.07, 6.45) is 0.244. The summed E-state index contributed by atoms with van der Waals surface area (Å²) in [5, 5.41) is 2.17. The molecule has 1 heterocycles. The summed E-state index contributed by atoms with van der Waals surface area (Å²) in [6, 6.07) is -0.569. The number of amides is 3. The molecular formula is C8H12N2O3S. The second-order valence-electron chi connectivity index (χ2n) is 3.08. The van der Waals surface area contributed by atoms with Crippen molar-refractivity contribution < 1.29 is 14.4 Å². The number of nitrogens with zero attached hydrogens (tertiary/aromatic N) is 1. The van der Waals surface area contributed by atoms with Crippen LogP contribution in [0.3, 0.4) is 0 Å². The van der Waals surface area contributed by atoms with Gasteiger partial charge in [0.15, 0.2) is 0 Å². The Morgan fingerprint density at radius 2 is 2.29 bits per heavy atom. The van der Waals surface area contributed by atoms with Crippen LogP contribution >= 0.6 is 12.6 Å². The lowest BCUT2D eigenvalue weighted by Gasteiger charge is -2.31. The molecule has 0 radical (unpaired) electrons. The van der Waals surface area contributed by atoms with Crippen LogP contribution < -0.4 is 5.32 Å². The normalized spacial score (nSPS) is 22.1. The Balaban J connectivity index is 2.71. The third-order valence-corrected chi connectivity index (χ3v) is 2.29. The van der Waals surface area contributed by atoms with E-state index in [0.29, 0.717) is 5.75 Å². The standard InChI is InChI=1S/C8H12N2O3S/c1-5-8(13)9-6(11)4-10(5)7(12)2-3-14/h5,14H,2-4H2,1H3,(H,9,11,13). The molecule has 1 aliphatic rings. The van der Waals surface area contributed by atoms with Gasteiger partial charge in [0.2, 0.25) is 17.7 Å². The number of thiol groups is 1. The van der Waals surface area contributed by atoms with E-state index in [1.807, 2.05) is 0 Å². The summed E-state index contributed by atoms with van der Waals surface area (Å²) in [6.45, 7) is 1.55. The predicted octanol–water partition coefficient (Wildman–Crippen LogP) is -0.820. The van der Waals surface area contributed by atoms with E-state index in [1.165, 1.54) is 4.90 Å². The van der Waals surface area contributed by atoms with Gasteiger partial charge in [-0.15, -0.1) is 0 Å². The number of imide groups is 1. The average Bonchev–Trinajstić information content (AvgIpc) is 2.11. The maximum atomic E-state index is 11.4. The van der Waals surface area contributed by atoms with E-state index in [1.54, 1.807) is 6.92 Å². The first-order valence-electron chi connectivity index (χ1n) is 4.30. The second-order valence-corrected chi connectivity index (χ2v) is 3.53. The fourth-order valence-corrected chi connectivity index (χ4v) is 1.45. The van der Waals surface area contributed by atoms with Crippen LogP contribution in [0.25, 0.3) is 0 Å². The number of hydrogen-bond donors (Lipinski definition) is 2. The molecule has 1 saturated heterocycles. The van der Waals surface area contributed by atoms with Gasteiger partial charge in [-0.25, -0.2) is 0 Å². The van der Waals surface area contributed by atoms with Crippen LogP contribution in [0.5, 0.6) is 0 Å². The SMILES string of the molecule is CC1C(=O)NC(=O)CN1C(=O)CCS. The van der Waals surface area contributed by atoms with Gasteiger partial charge < -0.3 is 4.90 Å². The van der Waals surface area contributed by atoms with Crippen molar-refractivity contribution in [3.8, 4) is 0 Å². The van der Waals surface area contributed by atoms with Crippen molar-refractivity contribution in [2.24, 2.45) is 0 Å². The number of rotatable bonds is 2. The molecule has 0 spiro atoms. The van der Waals surface area contributed by atoms with Gasteiger partial charge in [-0.1, -0.05) is 0 Å². The first-order chi connectivity index (χ1) is 6.56. The lowest BCUT2D eigenvalue weighted by molar-refractivity contribution is -0.149. The van der Waals surface area contributed by atoms with Crippen molar-refractivity contribution in [3.63, 3.8) is 0 Å². The molecule has 1 aliphatic heterocycles. The molecule has 0 aromatic rings. The molecule has 1 rings (SSSR count). The molecule has 0 aliphatic carbocycles. The van der Waals surface area contributed by atoms with Crippen LogP contribution in [0.15, 0.2) is 0 Å². The predicted molar refractivity (Wildman–Crippen MR) is 52.8 cm³/mol. The van der Waals surface area contributed by atoms with Crippen molar-refractivity contribution in [2.45, 2.75) is 19.4 Å². The highest BCUT2D eigenvalue weighted by Crippen LogP contribution is 2.07. The maximum absolute atomic E-state index is 11.4. The van der Waals surface area contributed by atoms with E-state index < -0.39 is 17.9 Å². The largest absolute Gasteiger partial charge is 0.322 e. The van der Waals surface area contributed by atoms with Gasteiger partial charge in [0, 0.05) is 6.42 Å². The van der Waals surface area contributed by atoms with E-state index in [-0.39, 0.29) is 18.9 Å². The van der Waals surface area contributed by atoms with Crippen LogP contribution in [-0.4, -0.2) is 41.0 Å². The lowest BCUT2D eigenvalue weighted by atomic mass is 10.2. The van der Waals surface area contributed by atoms with Gasteiger partial charge in [-0.05, 0) is 12.7 Å². The van der Waals surface area contributed by atoms with Crippen molar-refractivity contribution in [1.29, 1.82) is 0 Å². The minimum Gasteiger partial charge on any atom is -0.322 e. The van der Waals surface area contributed by atoms with Gasteiger partial charge in [0.05, 0.1) is 0 Å². The zero-order chi connectivity index (χ0) is 10.7. The Hall–Kier alpha value is -1.04. The van der Waals surface area contributed by atoms with Gasteiger partial charge >= 0.3 is 0 Å². The number of carbonyl (C=O) groups excluding carboxylic acids is 3. The van der Waals surface area contributed by atoms with Crippen LogP contribution in [0.4, 0.5) is 0 Å². The summed E-state index contributed by atoms with van der Waals surface area (Å²) in [4.78, 5) is 34.9. The van der Waals surface area contributed by atoms with E-state index in [0.717, 1.165) is 0 Å². The molecule has 6 heteroatoms. The zero-order valence-corrected chi connectivity index (χ0v) is 8.71. The van der Waals surface area contributed by atoms with Crippen LogP contribution in [0, 0.1) is 0 Å². The van der Waals surface area contributed by atoms with Gasteiger partial charge in [-0.2, -0.15) is 12.6 Å². The molecular weight excluding hydrogens is 204 g/mol. The molecule has 78 valence electrons. The quantitative estimate of drug-likeness (QED) is 0.468. The summed E-state index contributed by atoms with van der Waals surface area (Å²) in [7, 11) is 0. The number of hydrogen-bond acceptors (Lipinski definition) is 4. The molecule has 0 aromatic carbocycles. The van der Waals surface area contributed by atoms with Gasteiger partial charge in [0.25, 0.3) is 0 Å². The van der Waals surface area contributed by atoms with Gasteiger partial charge in [-0.3, -0.25) is 19.7 Å². The molecule has 5 nitrogen and oxygen atoms in total. The third kappa shape index (κ3) is 2.25. The minimum atomic E-state index is -0.569. The van der Waals surface area contributed by atoms with Crippen molar-refractivity contribution in [1.82, 2.24) is 10.2 Å². The zero-order valence-electron chi connectivity index (χ0n) is 7.82. The molecule has 0 saturated carbocycles. The molecule has 3 amide bonds. The molecule has 0 aromatic heterocycles. The molecule has 1 fully saturated rings. The van der Waals surface area contributed by atoms with Gasteiger partial charge in [0.1, 0.15) is 12.6 Å². The summed E-state index contributed by atoms with van der Waals surface area (Å²) >= 11 is 3.92. The second kappa shape index (κ2) is 4.45. The smallest absolute Gasteiger partial charge is 0.249 e. The van der Waals surface area contributed by atoms with Crippen LogP contribution in [-0.2, 0) is 14.4 Å². The van der Waals surface area contributed by atoms with E-state index in [9.17, 15) is 14.4 Å². The third-order valence-electron chi connectivity index (χ3n) is 2.07. The topological polar surface area (TPSA) is 66.5 Å². The first-order valence-corrected chi connectivity index (χ1v) is 4.93. The Labute approximate surface area is 87.2 Å². The highest BCUT2D eigenvalue weighted by atomic mass is 32.1. The van der Waals surface area contributed by atoms with Crippen molar-refractivity contribution in [2.75, 3.05) is 12.3 Å². The molecule has 1 unspecified atom stereocenters. The van der Waals surface area contributed by atoms with Crippen molar-refractivity contribution in [3.05, 3.63) is 0 Å². The maximum Gasteiger partial charge on any atom is 0.249 e. The Morgan fingerprint density at radius 1 is 1.64 bits per heavy atom. The summed E-state index contributed by atoms with van der Waals surface area (Å²) in [5.41, 5.74) is 0. The summed E-state index contributed by atoms with van der Waals surface area (Å²) < 4.78 is 0. The highest BCUT2D eigenvalue weighted by Gasteiger charge is 2.32.